The second-order valence-electron chi connectivity index (χ2n) is 6.39. The van der Waals surface area contributed by atoms with Crippen LogP contribution in [-0.4, -0.2) is 30.5 Å². The number of rotatable bonds is 7. The number of amides is 2. The number of carbonyl (C=O) groups is 2. The predicted molar refractivity (Wildman–Crippen MR) is 112 cm³/mol. The Balaban J connectivity index is 1.63. The molecule has 0 aliphatic rings. The predicted octanol–water partition coefficient (Wildman–Crippen LogP) is 4.08. The van der Waals surface area contributed by atoms with Crippen molar-refractivity contribution in [3.63, 3.8) is 0 Å². The van der Waals surface area contributed by atoms with Gasteiger partial charge in [-0.3, -0.25) is 20.4 Å². The molecule has 0 radical (unpaired) electrons. The van der Waals surface area contributed by atoms with Crippen molar-refractivity contribution in [1.82, 2.24) is 15.8 Å². The van der Waals surface area contributed by atoms with Crippen LogP contribution >= 0.6 is 11.6 Å². The van der Waals surface area contributed by atoms with Crippen LogP contribution in [0.4, 0.5) is 0 Å². The van der Waals surface area contributed by atoms with Gasteiger partial charge in [0.25, 0.3) is 11.8 Å². The van der Waals surface area contributed by atoms with E-state index in [0.717, 1.165) is 23.7 Å². The van der Waals surface area contributed by atoms with Gasteiger partial charge < -0.3 is 14.5 Å². The van der Waals surface area contributed by atoms with E-state index in [2.05, 4.69) is 22.8 Å². The molecular weight excluding hydrogens is 394 g/mol. The third-order valence-corrected chi connectivity index (χ3v) is 4.53. The first-order chi connectivity index (χ1) is 14.0. The summed E-state index contributed by atoms with van der Waals surface area (Å²) in [5.74, 6) is 0.0684. The summed E-state index contributed by atoms with van der Waals surface area (Å²) in [6, 6.07) is 11.8. The zero-order valence-electron chi connectivity index (χ0n) is 16.2. The van der Waals surface area contributed by atoms with E-state index in [4.69, 9.17) is 21.1 Å². The topological polar surface area (TPSA) is 92.5 Å². The largest absolute Gasteiger partial charge is 0.493 e. The van der Waals surface area contributed by atoms with Crippen LogP contribution < -0.4 is 20.3 Å². The lowest BCUT2D eigenvalue weighted by molar-refractivity contribution is 0.0844. The average molecular weight is 416 g/mol. The number of aromatic nitrogens is 1. The number of ether oxygens (including phenoxy) is 2. The van der Waals surface area contributed by atoms with E-state index in [1.807, 2.05) is 0 Å². The molecule has 2 amide bonds. The number of hydrazine groups is 1. The van der Waals surface area contributed by atoms with E-state index in [1.54, 1.807) is 42.5 Å². The molecule has 0 aliphatic carbocycles. The van der Waals surface area contributed by atoms with Crippen LogP contribution in [0.1, 0.15) is 40.6 Å². The van der Waals surface area contributed by atoms with E-state index in [-0.39, 0.29) is 0 Å². The number of hydrogen-bond acceptors (Lipinski definition) is 4. The van der Waals surface area contributed by atoms with Gasteiger partial charge in [0, 0.05) is 21.5 Å². The van der Waals surface area contributed by atoms with E-state index in [9.17, 15) is 9.59 Å². The quantitative estimate of drug-likeness (QED) is 0.400. The maximum Gasteiger partial charge on any atom is 0.286 e. The Morgan fingerprint density at radius 2 is 1.83 bits per heavy atom. The highest BCUT2D eigenvalue weighted by Gasteiger charge is 2.14. The minimum absolute atomic E-state index is 0.305. The molecule has 7 nitrogen and oxygen atoms in total. The van der Waals surface area contributed by atoms with Crippen LogP contribution in [0.25, 0.3) is 10.9 Å². The Bertz CT molecular complexity index is 1030. The highest BCUT2D eigenvalue weighted by molar-refractivity contribution is 6.31. The van der Waals surface area contributed by atoms with Gasteiger partial charge in [-0.1, -0.05) is 24.9 Å². The fourth-order valence-electron chi connectivity index (χ4n) is 2.73. The number of aromatic amines is 1. The molecule has 3 rings (SSSR count). The zero-order chi connectivity index (χ0) is 20.8. The lowest BCUT2D eigenvalue weighted by atomic mass is 10.2. The zero-order valence-corrected chi connectivity index (χ0v) is 16.9. The van der Waals surface area contributed by atoms with Crippen LogP contribution in [0.5, 0.6) is 11.5 Å². The van der Waals surface area contributed by atoms with Crippen molar-refractivity contribution < 1.29 is 19.1 Å². The minimum atomic E-state index is -0.476. The van der Waals surface area contributed by atoms with Gasteiger partial charge in [-0.25, -0.2) is 0 Å². The van der Waals surface area contributed by atoms with E-state index in [1.165, 1.54) is 7.11 Å². The third-order valence-electron chi connectivity index (χ3n) is 4.30. The van der Waals surface area contributed by atoms with E-state index < -0.39 is 11.8 Å². The normalized spacial score (nSPS) is 10.6. The van der Waals surface area contributed by atoms with Gasteiger partial charge in [0.2, 0.25) is 0 Å². The standard InChI is InChI=1S/C21H22ClN3O4/c1-3-4-9-29-18-8-5-13(12-19(18)28-2)20(26)24-25-21(27)17-11-14-10-15(22)6-7-16(14)23-17/h5-8,10-12,23H,3-4,9H2,1-2H3,(H,24,26)(H,25,27). The molecule has 29 heavy (non-hydrogen) atoms. The highest BCUT2D eigenvalue weighted by atomic mass is 35.5. The van der Waals surface area contributed by atoms with Crippen LogP contribution in [0, 0.1) is 0 Å². The van der Waals surface area contributed by atoms with Gasteiger partial charge in [-0.05, 0) is 48.9 Å². The molecule has 1 heterocycles. The number of fused-ring (bicyclic) bond motifs is 1. The molecule has 3 aromatic rings. The van der Waals surface area contributed by atoms with E-state index in [0.29, 0.717) is 34.4 Å². The number of hydrogen-bond donors (Lipinski definition) is 3. The minimum Gasteiger partial charge on any atom is -0.493 e. The molecule has 0 aliphatic heterocycles. The molecule has 0 spiro atoms. The number of halogens is 1. The fraction of sp³-hybridized carbons (Fsp3) is 0.238. The van der Waals surface area contributed by atoms with Crippen LogP contribution in [0.15, 0.2) is 42.5 Å². The van der Waals surface area contributed by atoms with Crippen molar-refractivity contribution in [1.29, 1.82) is 0 Å². The first-order valence-corrected chi connectivity index (χ1v) is 9.59. The Morgan fingerprint density at radius 3 is 2.59 bits per heavy atom. The second-order valence-corrected chi connectivity index (χ2v) is 6.83. The molecular formula is C21H22ClN3O4. The molecule has 1 aromatic heterocycles. The smallest absolute Gasteiger partial charge is 0.286 e. The molecule has 0 bridgehead atoms. The Labute approximate surface area is 173 Å². The summed E-state index contributed by atoms with van der Waals surface area (Å²) >= 11 is 5.96. The van der Waals surface area contributed by atoms with Gasteiger partial charge in [0.1, 0.15) is 5.69 Å². The van der Waals surface area contributed by atoms with Crippen molar-refractivity contribution in [2.75, 3.05) is 13.7 Å². The molecule has 0 fully saturated rings. The van der Waals surface area contributed by atoms with Crippen molar-refractivity contribution >= 4 is 34.3 Å². The summed E-state index contributed by atoms with van der Waals surface area (Å²) in [7, 11) is 1.51. The van der Waals surface area contributed by atoms with Crippen LogP contribution in [0.2, 0.25) is 5.02 Å². The average Bonchev–Trinajstić information content (AvgIpc) is 3.15. The Kier molecular flexibility index (Phi) is 6.61. The second kappa shape index (κ2) is 9.34. The maximum atomic E-state index is 12.4. The first kappa shape index (κ1) is 20.5. The summed E-state index contributed by atoms with van der Waals surface area (Å²) in [6.45, 7) is 2.65. The first-order valence-electron chi connectivity index (χ1n) is 9.21. The summed E-state index contributed by atoms with van der Waals surface area (Å²) in [5.41, 5.74) is 6.19. The van der Waals surface area contributed by atoms with Gasteiger partial charge in [0.05, 0.1) is 13.7 Å². The monoisotopic (exact) mass is 415 g/mol. The van der Waals surface area contributed by atoms with Gasteiger partial charge >= 0.3 is 0 Å². The number of benzene rings is 2. The van der Waals surface area contributed by atoms with Crippen LogP contribution in [-0.2, 0) is 0 Å². The molecule has 2 aromatic carbocycles. The summed E-state index contributed by atoms with van der Waals surface area (Å²) in [4.78, 5) is 27.7. The molecule has 0 saturated carbocycles. The molecule has 0 atom stereocenters. The van der Waals surface area contributed by atoms with Crippen molar-refractivity contribution in [3.8, 4) is 11.5 Å². The van der Waals surface area contributed by atoms with Gasteiger partial charge in [-0.2, -0.15) is 0 Å². The van der Waals surface area contributed by atoms with Gasteiger partial charge in [-0.15, -0.1) is 0 Å². The van der Waals surface area contributed by atoms with Gasteiger partial charge in [0.15, 0.2) is 11.5 Å². The lowest BCUT2D eigenvalue weighted by Gasteiger charge is -2.12. The number of carbonyl (C=O) groups excluding carboxylic acids is 2. The molecule has 0 unspecified atom stereocenters. The van der Waals surface area contributed by atoms with Crippen molar-refractivity contribution in [2.24, 2.45) is 0 Å². The van der Waals surface area contributed by atoms with Crippen molar-refractivity contribution in [2.45, 2.75) is 19.8 Å². The van der Waals surface area contributed by atoms with E-state index >= 15 is 0 Å². The molecule has 3 N–H and O–H groups in total. The maximum absolute atomic E-state index is 12.4. The summed E-state index contributed by atoms with van der Waals surface area (Å²) in [5, 5.41) is 1.38. The third kappa shape index (κ3) is 5.00. The SMILES string of the molecule is CCCCOc1ccc(C(=O)NNC(=O)c2cc3cc(Cl)ccc3[nH]2)cc1OC. The fourth-order valence-corrected chi connectivity index (χ4v) is 2.91. The molecule has 152 valence electrons. The highest BCUT2D eigenvalue weighted by Crippen LogP contribution is 2.28. The molecule has 8 heteroatoms. The lowest BCUT2D eigenvalue weighted by Crippen LogP contribution is -2.41. The molecule has 0 saturated heterocycles. The number of nitrogens with one attached hydrogen (secondary N) is 3. The summed E-state index contributed by atoms with van der Waals surface area (Å²) in [6.07, 6.45) is 1.95. The Hall–Kier alpha value is -3.19. The number of methoxy groups -OCH3 is 1. The Morgan fingerprint density at radius 1 is 1.03 bits per heavy atom. The number of unbranched alkanes of at least 4 members (excludes halogenated alkanes) is 1. The van der Waals surface area contributed by atoms with Crippen LogP contribution in [0.3, 0.4) is 0 Å². The van der Waals surface area contributed by atoms with Crippen molar-refractivity contribution in [3.05, 3.63) is 58.7 Å². The summed E-state index contributed by atoms with van der Waals surface area (Å²) < 4.78 is 11.0. The number of H-pyrrole nitrogens is 1.